The predicted octanol–water partition coefficient (Wildman–Crippen LogP) is 6.50. The van der Waals surface area contributed by atoms with Crippen LogP contribution in [0.3, 0.4) is 0 Å². The molecule has 4 aromatic carbocycles. The van der Waals surface area contributed by atoms with E-state index in [4.69, 9.17) is 11.6 Å². The van der Waals surface area contributed by atoms with Gasteiger partial charge >= 0.3 is 0 Å². The first-order chi connectivity index (χ1) is 19.4. The van der Waals surface area contributed by atoms with Crippen molar-refractivity contribution in [2.75, 3.05) is 10.2 Å². The number of para-hydroxylation sites is 1. The SMILES string of the molecule is Cc1ccc2c(c1)C=C[C@@H]1N2[C@@H](C(=O)c2ccccc2)[C@H](C(=O)c2ccc(Cl)cc2)[C@@]12C(=O)Nc1ccccc12. The van der Waals surface area contributed by atoms with Crippen molar-refractivity contribution in [1.82, 2.24) is 0 Å². The van der Waals surface area contributed by atoms with Gasteiger partial charge in [0.15, 0.2) is 11.6 Å². The molecule has 7 rings (SSSR count). The van der Waals surface area contributed by atoms with Crippen molar-refractivity contribution < 1.29 is 14.4 Å². The van der Waals surface area contributed by atoms with E-state index in [0.29, 0.717) is 21.8 Å². The van der Waals surface area contributed by atoms with Gasteiger partial charge in [-0.05, 0) is 60.5 Å². The van der Waals surface area contributed by atoms with Crippen molar-refractivity contribution in [3.05, 3.63) is 136 Å². The van der Waals surface area contributed by atoms with E-state index in [0.717, 1.165) is 22.4 Å². The Labute approximate surface area is 237 Å². The fraction of sp³-hybridized carbons (Fsp3) is 0.147. The molecule has 0 aromatic heterocycles. The van der Waals surface area contributed by atoms with Gasteiger partial charge < -0.3 is 10.2 Å². The molecule has 5 nitrogen and oxygen atoms in total. The molecule has 0 saturated carbocycles. The van der Waals surface area contributed by atoms with Crippen LogP contribution in [0.2, 0.25) is 5.02 Å². The van der Waals surface area contributed by atoms with Gasteiger partial charge in [-0.1, -0.05) is 83.9 Å². The van der Waals surface area contributed by atoms with E-state index < -0.39 is 23.4 Å². The van der Waals surface area contributed by atoms with E-state index in [1.807, 2.05) is 78.6 Å². The van der Waals surface area contributed by atoms with Gasteiger partial charge in [0.25, 0.3) is 0 Å². The Balaban J connectivity index is 1.54. The summed E-state index contributed by atoms with van der Waals surface area (Å²) in [6.07, 6.45) is 4.00. The predicted molar refractivity (Wildman–Crippen MR) is 157 cm³/mol. The number of amides is 1. The molecule has 1 saturated heterocycles. The van der Waals surface area contributed by atoms with Gasteiger partial charge in [0.2, 0.25) is 5.91 Å². The molecule has 0 radical (unpaired) electrons. The van der Waals surface area contributed by atoms with Gasteiger partial charge in [0.05, 0.1) is 12.0 Å². The van der Waals surface area contributed by atoms with Crippen molar-refractivity contribution in [2.24, 2.45) is 5.92 Å². The maximum Gasteiger partial charge on any atom is 0.238 e. The molecule has 3 heterocycles. The van der Waals surface area contributed by atoms with Crippen LogP contribution in [0.15, 0.2) is 103 Å². The molecule has 3 aliphatic rings. The Kier molecular flexibility index (Phi) is 5.55. The average molecular weight is 545 g/mol. The molecule has 1 spiro atoms. The molecule has 196 valence electrons. The smallest absolute Gasteiger partial charge is 0.238 e. The molecule has 40 heavy (non-hydrogen) atoms. The number of Topliss-reactive ketones (excluding diaryl/α,β-unsaturated/α-hetero) is 2. The number of rotatable bonds is 4. The molecule has 1 fully saturated rings. The Morgan fingerprint density at radius 1 is 0.850 bits per heavy atom. The molecule has 0 unspecified atom stereocenters. The van der Waals surface area contributed by atoms with Crippen LogP contribution >= 0.6 is 11.6 Å². The minimum Gasteiger partial charge on any atom is -0.352 e. The minimum absolute atomic E-state index is 0.200. The van der Waals surface area contributed by atoms with Crippen LogP contribution in [-0.4, -0.2) is 29.6 Å². The lowest BCUT2D eigenvalue weighted by molar-refractivity contribution is -0.121. The lowest BCUT2D eigenvalue weighted by Gasteiger charge is -2.37. The van der Waals surface area contributed by atoms with E-state index >= 15 is 0 Å². The largest absolute Gasteiger partial charge is 0.352 e. The lowest BCUT2D eigenvalue weighted by atomic mass is 9.64. The summed E-state index contributed by atoms with van der Waals surface area (Å²) in [6.45, 7) is 2.02. The second-order valence-corrected chi connectivity index (χ2v) is 11.1. The quantitative estimate of drug-likeness (QED) is 0.298. The van der Waals surface area contributed by atoms with Crippen LogP contribution in [0, 0.1) is 12.8 Å². The second-order valence-electron chi connectivity index (χ2n) is 10.7. The van der Waals surface area contributed by atoms with Crippen LogP contribution in [0.5, 0.6) is 0 Å². The molecular formula is C34H25ClN2O3. The molecule has 0 bridgehead atoms. The lowest BCUT2D eigenvalue weighted by Crippen LogP contribution is -2.51. The fourth-order valence-corrected chi connectivity index (χ4v) is 6.99. The minimum atomic E-state index is -1.33. The van der Waals surface area contributed by atoms with E-state index in [1.54, 1.807) is 36.4 Å². The topological polar surface area (TPSA) is 66.5 Å². The highest BCUT2D eigenvalue weighted by Gasteiger charge is 2.70. The van der Waals surface area contributed by atoms with E-state index in [2.05, 4.69) is 11.4 Å². The summed E-state index contributed by atoms with van der Waals surface area (Å²) in [6, 6.07) is 27.8. The van der Waals surface area contributed by atoms with Gasteiger partial charge in [0, 0.05) is 27.5 Å². The molecule has 3 aliphatic heterocycles. The van der Waals surface area contributed by atoms with Gasteiger partial charge in [0.1, 0.15) is 11.5 Å². The molecule has 1 amide bonds. The normalized spacial score (nSPS) is 23.9. The number of anilines is 2. The third-order valence-corrected chi connectivity index (χ3v) is 8.78. The fourth-order valence-electron chi connectivity index (χ4n) is 6.87. The maximum absolute atomic E-state index is 14.7. The number of carbonyl (C=O) groups excluding carboxylic acids is 3. The number of hydrogen-bond acceptors (Lipinski definition) is 4. The van der Waals surface area contributed by atoms with E-state index in [9.17, 15) is 14.4 Å². The zero-order chi connectivity index (χ0) is 27.6. The first-order valence-corrected chi connectivity index (χ1v) is 13.7. The number of nitrogens with one attached hydrogen (secondary N) is 1. The summed E-state index contributed by atoms with van der Waals surface area (Å²) in [5, 5.41) is 3.56. The number of ketones is 2. The standard InChI is InChI=1S/C34H25ClN2O3/c1-20-11-17-27-23(19-20)14-18-28-34(25-9-5-6-10-26(25)36-33(34)40)29(31(38)22-12-15-24(35)16-13-22)30(37(27)28)32(39)21-7-3-2-4-8-21/h2-19,28-30H,1H3,(H,36,40)/t28-,29+,30+,34-/m0/s1. The van der Waals surface area contributed by atoms with Crippen molar-refractivity contribution >= 4 is 46.5 Å². The molecule has 6 heteroatoms. The monoisotopic (exact) mass is 544 g/mol. The summed E-state index contributed by atoms with van der Waals surface area (Å²) in [7, 11) is 0. The second kappa shape index (κ2) is 9.04. The van der Waals surface area contributed by atoms with E-state index in [-0.39, 0.29) is 17.5 Å². The van der Waals surface area contributed by atoms with Crippen LogP contribution in [0.25, 0.3) is 6.08 Å². The van der Waals surface area contributed by atoms with Crippen LogP contribution in [0.1, 0.15) is 37.4 Å². The Morgan fingerprint density at radius 3 is 2.33 bits per heavy atom. The summed E-state index contributed by atoms with van der Waals surface area (Å²) in [5.74, 6) is -1.76. The van der Waals surface area contributed by atoms with Crippen molar-refractivity contribution in [2.45, 2.75) is 24.4 Å². The highest BCUT2D eigenvalue weighted by Crippen LogP contribution is 2.58. The molecule has 0 aliphatic carbocycles. The van der Waals surface area contributed by atoms with Crippen molar-refractivity contribution in [3.8, 4) is 0 Å². The van der Waals surface area contributed by atoms with Gasteiger partial charge in [-0.15, -0.1) is 0 Å². The highest BCUT2D eigenvalue weighted by molar-refractivity contribution is 6.30. The first-order valence-electron chi connectivity index (χ1n) is 13.3. The third-order valence-electron chi connectivity index (χ3n) is 8.53. The third kappa shape index (κ3) is 3.37. The van der Waals surface area contributed by atoms with Crippen molar-refractivity contribution in [1.29, 1.82) is 0 Å². The molecule has 1 N–H and O–H groups in total. The number of aryl methyl sites for hydroxylation is 1. The average Bonchev–Trinajstić information content (AvgIpc) is 3.45. The first kappa shape index (κ1) is 24.6. The number of fused-ring (bicyclic) bond motifs is 6. The van der Waals surface area contributed by atoms with Crippen LogP contribution in [-0.2, 0) is 10.2 Å². The Bertz CT molecular complexity index is 1730. The zero-order valence-corrected chi connectivity index (χ0v) is 22.4. The molecular weight excluding hydrogens is 520 g/mol. The van der Waals surface area contributed by atoms with Crippen LogP contribution < -0.4 is 10.2 Å². The number of halogens is 1. The summed E-state index contributed by atoms with van der Waals surface area (Å²) in [4.78, 5) is 45.6. The summed E-state index contributed by atoms with van der Waals surface area (Å²) >= 11 is 6.17. The van der Waals surface area contributed by atoms with E-state index in [1.165, 1.54) is 0 Å². The van der Waals surface area contributed by atoms with Crippen molar-refractivity contribution in [3.63, 3.8) is 0 Å². The number of benzene rings is 4. The molecule has 4 atom stereocenters. The number of carbonyl (C=O) groups is 3. The maximum atomic E-state index is 14.7. The summed E-state index contributed by atoms with van der Waals surface area (Å²) < 4.78 is 0. The molecule has 4 aromatic rings. The van der Waals surface area contributed by atoms with Gasteiger partial charge in [-0.25, -0.2) is 0 Å². The van der Waals surface area contributed by atoms with Gasteiger partial charge in [-0.3, -0.25) is 14.4 Å². The Hall–Kier alpha value is -4.48. The number of nitrogens with zero attached hydrogens (tertiary/aromatic N) is 1. The highest BCUT2D eigenvalue weighted by atomic mass is 35.5. The zero-order valence-electron chi connectivity index (χ0n) is 21.7. The summed E-state index contributed by atoms with van der Waals surface area (Å²) in [5.41, 5.74) is 3.82. The van der Waals surface area contributed by atoms with Crippen LogP contribution in [0.4, 0.5) is 11.4 Å². The number of hydrogen-bond donors (Lipinski definition) is 1. The Morgan fingerprint density at radius 2 is 1.55 bits per heavy atom. The van der Waals surface area contributed by atoms with Gasteiger partial charge in [-0.2, -0.15) is 0 Å².